The van der Waals surface area contributed by atoms with Crippen LogP contribution in [0.25, 0.3) is 0 Å². The van der Waals surface area contributed by atoms with E-state index >= 15 is 0 Å². The van der Waals surface area contributed by atoms with Gasteiger partial charge in [0.25, 0.3) is 5.91 Å². The van der Waals surface area contributed by atoms with Crippen LogP contribution in [0.4, 0.5) is 5.69 Å². The quantitative estimate of drug-likeness (QED) is 0.783. The first kappa shape index (κ1) is 19.3. The Bertz CT molecular complexity index is 830. The zero-order valence-corrected chi connectivity index (χ0v) is 15.0. The highest BCUT2D eigenvalue weighted by Gasteiger charge is 2.23. The van der Waals surface area contributed by atoms with Crippen molar-refractivity contribution >= 4 is 29.2 Å². The van der Waals surface area contributed by atoms with Crippen LogP contribution >= 0.6 is 11.6 Å². The Morgan fingerprint density at radius 2 is 1.81 bits per heavy atom. The van der Waals surface area contributed by atoms with E-state index in [4.69, 9.17) is 26.3 Å². The van der Waals surface area contributed by atoms with Gasteiger partial charge < -0.3 is 14.8 Å². The molecule has 26 heavy (non-hydrogen) atoms. The fraction of sp³-hybridized carbons (Fsp3) is 0.211. The van der Waals surface area contributed by atoms with Gasteiger partial charge in [0, 0.05) is 10.7 Å². The van der Waals surface area contributed by atoms with Crippen molar-refractivity contribution < 1.29 is 19.1 Å². The van der Waals surface area contributed by atoms with E-state index < -0.39 is 24.1 Å². The highest BCUT2D eigenvalue weighted by molar-refractivity contribution is 6.30. The topological polar surface area (TPSA) is 88.4 Å². The molecule has 0 aliphatic heterocycles. The maximum absolute atomic E-state index is 12.1. The van der Waals surface area contributed by atoms with Gasteiger partial charge in [0.2, 0.25) is 0 Å². The molecule has 0 aliphatic carbocycles. The third kappa shape index (κ3) is 5.50. The second kappa shape index (κ2) is 8.88. The fourth-order valence-corrected chi connectivity index (χ4v) is 2.18. The molecule has 1 N–H and O–H groups in total. The number of ether oxygens (including phenoxy) is 2. The Morgan fingerprint density at radius 3 is 2.42 bits per heavy atom. The van der Waals surface area contributed by atoms with Crippen molar-refractivity contribution in [3.8, 4) is 11.8 Å². The van der Waals surface area contributed by atoms with Crippen molar-refractivity contribution in [2.75, 3.05) is 5.32 Å². The molecule has 6 nitrogen and oxygen atoms in total. The molecule has 0 unspecified atom stereocenters. The number of hydrogen-bond acceptors (Lipinski definition) is 5. The minimum atomic E-state index is -1.01. The predicted molar refractivity (Wildman–Crippen MR) is 96.9 cm³/mol. The third-order valence-corrected chi connectivity index (χ3v) is 3.62. The zero-order chi connectivity index (χ0) is 19.1. The molecule has 0 fully saturated rings. The van der Waals surface area contributed by atoms with Crippen LogP contribution in [0.2, 0.25) is 5.02 Å². The first-order chi connectivity index (χ1) is 12.4. The summed E-state index contributed by atoms with van der Waals surface area (Å²) in [5.41, 5.74) is 0.992. The molecular formula is C19H17ClN2O4. The maximum Gasteiger partial charge on any atom is 0.347 e. The Labute approximate surface area is 156 Å². The third-order valence-electron chi connectivity index (χ3n) is 3.38. The number of anilines is 1. The van der Waals surface area contributed by atoms with Gasteiger partial charge in [-0.05, 0) is 56.3 Å². The molecule has 134 valence electrons. The Hall–Kier alpha value is -3.04. The number of nitriles is 1. The van der Waals surface area contributed by atoms with Crippen LogP contribution in [0.15, 0.2) is 48.5 Å². The van der Waals surface area contributed by atoms with Crippen molar-refractivity contribution in [2.24, 2.45) is 0 Å². The smallest absolute Gasteiger partial charge is 0.347 e. The van der Waals surface area contributed by atoms with Crippen molar-refractivity contribution in [1.82, 2.24) is 0 Å². The van der Waals surface area contributed by atoms with Crippen LogP contribution < -0.4 is 10.1 Å². The molecule has 0 radical (unpaired) electrons. The molecule has 0 aromatic heterocycles. The monoisotopic (exact) mass is 372 g/mol. The first-order valence-corrected chi connectivity index (χ1v) is 8.20. The molecule has 0 heterocycles. The fourth-order valence-electron chi connectivity index (χ4n) is 1.99. The second-order valence-corrected chi connectivity index (χ2v) is 5.91. The van der Waals surface area contributed by atoms with Gasteiger partial charge in [-0.2, -0.15) is 5.26 Å². The van der Waals surface area contributed by atoms with Crippen LogP contribution in [0.1, 0.15) is 19.4 Å². The average molecular weight is 373 g/mol. The minimum absolute atomic E-state index is 0.421. The molecule has 0 aliphatic rings. The lowest BCUT2D eigenvalue weighted by atomic mass is 10.2. The largest absolute Gasteiger partial charge is 0.479 e. The summed E-state index contributed by atoms with van der Waals surface area (Å²) in [6.07, 6.45) is -1.92. The lowest BCUT2D eigenvalue weighted by Gasteiger charge is -2.18. The van der Waals surface area contributed by atoms with Gasteiger partial charge in [0.05, 0.1) is 11.6 Å². The highest BCUT2D eigenvalue weighted by Crippen LogP contribution is 2.16. The van der Waals surface area contributed by atoms with Gasteiger partial charge in [0.15, 0.2) is 12.2 Å². The van der Waals surface area contributed by atoms with Crippen molar-refractivity contribution in [1.29, 1.82) is 5.26 Å². The van der Waals surface area contributed by atoms with Gasteiger partial charge >= 0.3 is 5.97 Å². The molecular weight excluding hydrogens is 356 g/mol. The summed E-state index contributed by atoms with van der Waals surface area (Å²) in [7, 11) is 0. The number of benzene rings is 2. The predicted octanol–water partition coefficient (Wildman–Crippen LogP) is 3.55. The van der Waals surface area contributed by atoms with Crippen LogP contribution in [-0.2, 0) is 14.3 Å². The molecule has 0 saturated carbocycles. The summed E-state index contributed by atoms with van der Waals surface area (Å²) in [5.74, 6) is -0.737. The summed E-state index contributed by atoms with van der Waals surface area (Å²) < 4.78 is 10.6. The summed E-state index contributed by atoms with van der Waals surface area (Å²) >= 11 is 5.86. The number of rotatable bonds is 6. The molecule has 1 amide bonds. The van der Waals surface area contributed by atoms with Crippen LogP contribution in [0.3, 0.4) is 0 Å². The minimum Gasteiger partial charge on any atom is -0.479 e. The number of halogens is 1. The maximum atomic E-state index is 12.1. The summed E-state index contributed by atoms with van der Waals surface area (Å²) in [5, 5.41) is 11.9. The number of carbonyl (C=O) groups is 2. The van der Waals surface area contributed by atoms with Gasteiger partial charge in [-0.1, -0.05) is 17.7 Å². The molecule has 0 bridgehead atoms. The van der Waals surface area contributed by atoms with Crippen molar-refractivity contribution in [3.05, 3.63) is 59.1 Å². The number of hydrogen-bond donors (Lipinski definition) is 1. The van der Waals surface area contributed by atoms with E-state index in [1.165, 1.54) is 13.8 Å². The number of esters is 1. The molecule has 2 atom stereocenters. The van der Waals surface area contributed by atoms with Crippen molar-refractivity contribution in [2.45, 2.75) is 26.1 Å². The van der Waals surface area contributed by atoms with Crippen LogP contribution in [0, 0.1) is 11.3 Å². The molecule has 0 spiro atoms. The lowest BCUT2D eigenvalue weighted by Crippen LogP contribution is -2.35. The number of amides is 1. The highest BCUT2D eigenvalue weighted by atomic mass is 35.5. The Balaban J connectivity index is 1.88. The van der Waals surface area contributed by atoms with E-state index in [1.807, 2.05) is 6.07 Å². The van der Waals surface area contributed by atoms with E-state index in [-0.39, 0.29) is 0 Å². The van der Waals surface area contributed by atoms with E-state index in [1.54, 1.807) is 48.5 Å². The standard InChI is InChI=1S/C19H17ClN2O4/c1-12(18(23)22-16-5-3-4-15(20)10-16)26-19(24)13(2)25-17-8-6-14(11-21)7-9-17/h3-10,12-13H,1-2H3,(H,22,23)/t12-,13+/m0/s1. The van der Waals surface area contributed by atoms with Crippen LogP contribution in [0.5, 0.6) is 5.75 Å². The summed E-state index contributed by atoms with van der Waals surface area (Å²) in [6, 6.07) is 15.0. The van der Waals surface area contributed by atoms with Gasteiger partial charge in [-0.15, -0.1) is 0 Å². The van der Waals surface area contributed by atoms with Crippen LogP contribution in [-0.4, -0.2) is 24.1 Å². The molecule has 7 heteroatoms. The SMILES string of the molecule is C[C@H](OC(=O)[C@@H](C)Oc1ccc(C#N)cc1)C(=O)Nc1cccc(Cl)c1. The normalized spacial score (nSPS) is 12.4. The summed E-state index contributed by atoms with van der Waals surface area (Å²) in [6.45, 7) is 2.98. The second-order valence-electron chi connectivity index (χ2n) is 5.47. The van der Waals surface area contributed by atoms with Gasteiger partial charge in [-0.3, -0.25) is 4.79 Å². The lowest BCUT2D eigenvalue weighted by molar-refractivity contribution is -0.159. The number of carbonyl (C=O) groups excluding carboxylic acids is 2. The summed E-state index contributed by atoms with van der Waals surface area (Å²) in [4.78, 5) is 24.2. The van der Waals surface area contributed by atoms with E-state index in [9.17, 15) is 9.59 Å². The molecule has 2 aromatic carbocycles. The Morgan fingerprint density at radius 1 is 1.12 bits per heavy atom. The number of nitrogens with one attached hydrogen (secondary N) is 1. The molecule has 2 aromatic rings. The van der Waals surface area contributed by atoms with E-state index in [2.05, 4.69) is 5.32 Å². The molecule has 2 rings (SSSR count). The first-order valence-electron chi connectivity index (χ1n) is 7.83. The molecule has 0 saturated heterocycles. The van der Waals surface area contributed by atoms with Crippen molar-refractivity contribution in [3.63, 3.8) is 0 Å². The Kier molecular flexibility index (Phi) is 6.59. The number of nitrogens with zero attached hydrogens (tertiary/aromatic N) is 1. The average Bonchev–Trinajstić information content (AvgIpc) is 2.62. The van der Waals surface area contributed by atoms with Gasteiger partial charge in [-0.25, -0.2) is 4.79 Å². The zero-order valence-electron chi connectivity index (χ0n) is 14.2. The van der Waals surface area contributed by atoms with Gasteiger partial charge in [0.1, 0.15) is 5.75 Å². The van der Waals surface area contributed by atoms with E-state index in [0.29, 0.717) is 22.0 Å². The van der Waals surface area contributed by atoms with E-state index in [0.717, 1.165) is 0 Å².